The molecule has 0 saturated carbocycles. The Bertz CT molecular complexity index is 812. The molecular weight excluding hydrogens is 374 g/mol. The first-order chi connectivity index (χ1) is 14.0. The van der Waals surface area contributed by atoms with E-state index >= 15 is 0 Å². The van der Waals surface area contributed by atoms with E-state index in [1.54, 1.807) is 24.3 Å². The maximum Gasteiger partial charge on any atom is 0.251 e. The molecule has 0 aliphatic carbocycles. The van der Waals surface area contributed by atoms with Crippen LogP contribution in [-0.4, -0.2) is 46.2 Å². The Morgan fingerprint density at radius 1 is 0.828 bits per heavy atom. The highest BCUT2D eigenvalue weighted by Gasteiger charge is 2.16. The highest BCUT2D eigenvalue weighted by atomic mass is 16.5. The maximum atomic E-state index is 12.4. The van der Waals surface area contributed by atoms with Crippen LogP contribution >= 0.6 is 0 Å². The van der Waals surface area contributed by atoms with Crippen LogP contribution in [0.3, 0.4) is 0 Å². The molecule has 0 spiro atoms. The van der Waals surface area contributed by atoms with Gasteiger partial charge in [-0.05, 0) is 36.2 Å². The first-order valence-corrected chi connectivity index (χ1v) is 9.19. The van der Waals surface area contributed by atoms with Crippen molar-refractivity contribution < 1.29 is 23.8 Å². The highest BCUT2D eigenvalue weighted by Crippen LogP contribution is 2.38. The molecule has 0 fully saturated rings. The summed E-state index contributed by atoms with van der Waals surface area (Å²) in [6.45, 7) is 1.28. The van der Waals surface area contributed by atoms with Crippen molar-refractivity contribution in [1.29, 1.82) is 0 Å². The Balaban J connectivity index is 1.83. The minimum atomic E-state index is -0.270. The monoisotopic (exact) mass is 401 g/mol. The maximum absolute atomic E-state index is 12.4. The van der Waals surface area contributed by atoms with Gasteiger partial charge in [0.25, 0.3) is 11.8 Å². The number of carbonyl (C=O) groups is 2. The van der Waals surface area contributed by atoms with Crippen molar-refractivity contribution in [2.45, 2.75) is 13.0 Å². The molecule has 156 valence electrons. The summed E-state index contributed by atoms with van der Waals surface area (Å²) in [5.74, 6) is 0.807. The number of carbonyl (C=O) groups excluding carboxylic acids is 2. The van der Waals surface area contributed by atoms with Crippen LogP contribution in [0.5, 0.6) is 17.2 Å². The van der Waals surface area contributed by atoms with Gasteiger partial charge in [0, 0.05) is 30.8 Å². The standard InChI is InChI=1S/C21H27N3O5/c1-27-17-11-16(12-18(28-2)19(17)29-3)21(26)24-10-4-9-23-20(25)15-7-5-14(13-22)6-8-15/h5-8,11-12H,4,9-10,13,22H2,1-3H3,(H,23,25)(H,24,26). The number of nitrogens with two attached hydrogens (primary N) is 1. The molecule has 0 aliphatic heterocycles. The average Bonchev–Trinajstić information content (AvgIpc) is 2.77. The lowest BCUT2D eigenvalue weighted by atomic mass is 10.1. The molecule has 0 radical (unpaired) electrons. The van der Waals surface area contributed by atoms with Crippen LogP contribution in [0.1, 0.15) is 32.7 Å². The van der Waals surface area contributed by atoms with Gasteiger partial charge in [-0.25, -0.2) is 0 Å². The third kappa shape index (κ3) is 5.86. The minimum absolute atomic E-state index is 0.162. The van der Waals surface area contributed by atoms with E-state index in [0.717, 1.165) is 5.56 Å². The average molecular weight is 401 g/mol. The fourth-order valence-electron chi connectivity index (χ4n) is 2.70. The summed E-state index contributed by atoms with van der Waals surface area (Å²) in [6.07, 6.45) is 0.586. The van der Waals surface area contributed by atoms with Crippen LogP contribution in [-0.2, 0) is 6.54 Å². The van der Waals surface area contributed by atoms with E-state index < -0.39 is 0 Å². The number of methoxy groups -OCH3 is 3. The number of nitrogens with one attached hydrogen (secondary N) is 2. The molecule has 4 N–H and O–H groups in total. The predicted molar refractivity (Wildman–Crippen MR) is 110 cm³/mol. The van der Waals surface area contributed by atoms with Gasteiger partial charge in [-0.15, -0.1) is 0 Å². The van der Waals surface area contributed by atoms with Gasteiger partial charge in [-0.1, -0.05) is 12.1 Å². The second kappa shape index (κ2) is 10.9. The molecular formula is C21H27N3O5. The second-order valence-corrected chi connectivity index (χ2v) is 6.18. The first-order valence-electron chi connectivity index (χ1n) is 9.19. The molecule has 29 heavy (non-hydrogen) atoms. The van der Waals surface area contributed by atoms with E-state index in [1.165, 1.54) is 21.3 Å². The summed E-state index contributed by atoms with van der Waals surface area (Å²) < 4.78 is 15.8. The van der Waals surface area contributed by atoms with Crippen LogP contribution in [0.4, 0.5) is 0 Å². The molecule has 0 saturated heterocycles. The van der Waals surface area contributed by atoms with Crippen molar-refractivity contribution in [2.24, 2.45) is 5.73 Å². The minimum Gasteiger partial charge on any atom is -0.493 e. The van der Waals surface area contributed by atoms with Crippen molar-refractivity contribution in [2.75, 3.05) is 34.4 Å². The zero-order valence-electron chi connectivity index (χ0n) is 16.9. The molecule has 8 nitrogen and oxygen atoms in total. The van der Waals surface area contributed by atoms with Crippen molar-refractivity contribution in [1.82, 2.24) is 10.6 Å². The molecule has 2 amide bonds. The Kier molecular flexibility index (Phi) is 8.29. The summed E-state index contributed by atoms with van der Waals surface area (Å²) in [7, 11) is 4.48. The molecule has 0 atom stereocenters. The van der Waals surface area contributed by atoms with Crippen molar-refractivity contribution in [3.8, 4) is 17.2 Å². The summed E-state index contributed by atoms with van der Waals surface area (Å²) in [5, 5.41) is 5.64. The molecule has 0 bridgehead atoms. The lowest BCUT2D eigenvalue weighted by Gasteiger charge is -2.14. The Morgan fingerprint density at radius 2 is 1.34 bits per heavy atom. The van der Waals surface area contributed by atoms with E-state index in [0.29, 0.717) is 54.4 Å². The van der Waals surface area contributed by atoms with E-state index in [4.69, 9.17) is 19.9 Å². The van der Waals surface area contributed by atoms with Gasteiger partial charge in [-0.2, -0.15) is 0 Å². The second-order valence-electron chi connectivity index (χ2n) is 6.18. The largest absolute Gasteiger partial charge is 0.493 e. The van der Waals surface area contributed by atoms with Gasteiger partial charge in [0.05, 0.1) is 21.3 Å². The van der Waals surface area contributed by atoms with Crippen molar-refractivity contribution in [3.05, 3.63) is 53.1 Å². The lowest BCUT2D eigenvalue weighted by Crippen LogP contribution is -2.30. The fraction of sp³-hybridized carbons (Fsp3) is 0.333. The first kappa shape index (κ1) is 22.0. The van der Waals surface area contributed by atoms with Crippen LogP contribution < -0.4 is 30.6 Å². The van der Waals surface area contributed by atoms with Crippen LogP contribution in [0, 0.1) is 0 Å². The number of hydrogen-bond acceptors (Lipinski definition) is 6. The molecule has 8 heteroatoms. The smallest absolute Gasteiger partial charge is 0.251 e. The van der Waals surface area contributed by atoms with Gasteiger partial charge in [0.15, 0.2) is 11.5 Å². The summed E-state index contributed by atoms with van der Waals surface area (Å²) in [4.78, 5) is 24.5. The molecule has 2 rings (SSSR count). The molecule has 0 unspecified atom stereocenters. The third-order valence-electron chi connectivity index (χ3n) is 4.30. The Morgan fingerprint density at radius 3 is 1.79 bits per heavy atom. The molecule has 0 aromatic heterocycles. The normalized spacial score (nSPS) is 10.2. The highest BCUT2D eigenvalue weighted by molar-refractivity contribution is 5.95. The van der Waals surface area contributed by atoms with Crippen LogP contribution in [0.25, 0.3) is 0 Å². The number of ether oxygens (including phenoxy) is 3. The number of benzene rings is 2. The summed E-state index contributed by atoms with van der Waals surface area (Å²) in [6, 6.07) is 10.3. The van der Waals surface area contributed by atoms with Gasteiger partial charge in [-0.3, -0.25) is 9.59 Å². The van der Waals surface area contributed by atoms with E-state index in [1.807, 2.05) is 12.1 Å². The molecule has 0 heterocycles. The van der Waals surface area contributed by atoms with E-state index in [2.05, 4.69) is 10.6 Å². The topological polar surface area (TPSA) is 112 Å². The fourth-order valence-corrected chi connectivity index (χ4v) is 2.70. The molecule has 2 aromatic carbocycles. The molecule has 2 aromatic rings. The van der Waals surface area contributed by atoms with Crippen molar-refractivity contribution >= 4 is 11.8 Å². The quantitative estimate of drug-likeness (QED) is 0.523. The lowest BCUT2D eigenvalue weighted by molar-refractivity contribution is 0.0951. The van der Waals surface area contributed by atoms with Crippen LogP contribution in [0.2, 0.25) is 0 Å². The number of hydrogen-bond donors (Lipinski definition) is 3. The van der Waals surface area contributed by atoms with Gasteiger partial charge in [0.2, 0.25) is 5.75 Å². The molecule has 0 aliphatic rings. The zero-order valence-corrected chi connectivity index (χ0v) is 16.9. The SMILES string of the molecule is COc1cc(C(=O)NCCCNC(=O)c2ccc(CN)cc2)cc(OC)c1OC. The number of rotatable bonds is 10. The van der Waals surface area contributed by atoms with Gasteiger partial charge >= 0.3 is 0 Å². The third-order valence-corrected chi connectivity index (χ3v) is 4.30. The van der Waals surface area contributed by atoms with Crippen molar-refractivity contribution in [3.63, 3.8) is 0 Å². The zero-order chi connectivity index (χ0) is 21.2. The Labute approximate surface area is 170 Å². The Hall–Kier alpha value is -3.26. The summed E-state index contributed by atoms with van der Waals surface area (Å²) >= 11 is 0. The van der Waals surface area contributed by atoms with E-state index in [-0.39, 0.29) is 11.8 Å². The number of amides is 2. The summed E-state index contributed by atoms with van der Waals surface area (Å²) in [5.41, 5.74) is 7.48. The van der Waals surface area contributed by atoms with Gasteiger partial charge < -0.3 is 30.6 Å². The van der Waals surface area contributed by atoms with Gasteiger partial charge in [0.1, 0.15) is 0 Å². The predicted octanol–water partition coefficient (Wildman–Crippen LogP) is 1.72. The van der Waals surface area contributed by atoms with E-state index in [9.17, 15) is 9.59 Å². The van der Waals surface area contributed by atoms with Crippen LogP contribution in [0.15, 0.2) is 36.4 Å².